The number of esters is 1. The first-order chi connectivity index (χ1) is 15.0. The maximum absolute atomic E-state index is 13.1. The highest BCUT2D eigenvalue weighted by atomic mass is 16.6. The van der Waals surface area contributed by atoms with Crippen LogP contribution in [0.3, 0.4) is 0 Å². The highest BCUT2D eigenvalue weighted by molar-refractivity contribution is 5.98. The van der Waals surface area contributed by atoms with Crippen LogP contribution in [-0.4, -0.2) is 59.6 Å². The van der Waals surface area contributed by atoms with Crippen molar-refractivity contribution in [2.75, 3.05) is 6.61 Å². The molecule has 33 heavy (non-hydrogen) atoms. The molecule has 1 rings (SSSR count). The number of carbonyl (C=O) groups excluding carboxylic acids is 4. The van der Waals surface area contributed by atoms with E-state index in [2.05, 4.69) is 16.0 Å². The monoisotopic (exact) mass is 469 g/mol. The number of carbonyl (C=O) groups is 4. The predicted molar refractivity (Wildman–Crippen MR) is 126 cm³/mol. The number of nitrogens with one attached hydrogen (secondary N) is 3. The van der Waals surface area contributed by atoms with Gasteiger partial charge in [-0.15, -0.1) is 0 Å². The Morgan fingerprint density at radius 3 is 1.79 bits per heavy atom. The Balaban J connectivity index is 2.89. The van der Waals surface area contributed by atoms with Gasteiger partial charge in [0.1, 0.15) is 23.3 Å². The number of rotatable bonds is 11. The maximum atomic E-state index is 13.1. The van der Waals surface area contributed by atoms with E-state index in [9.17, 15) is 19.2 Å². The number of ketones is 1. The summed E-state index contributed by atoms with van der Waals surface area (Å²) in [5.41, 5.74) is -1.55. The molecule has 9 nitrogen and oxygen atoms in total. The lowest BCUT2D eigenvalue weighted by Crippen LogP contribution is -2.58. The lowest BCUT2D eigenvalue weighted by atomic mass is 9.92. The van der Waals surface area contributed by atoms with Gasteiger partial charge in [0.25, 0.3) is 0 Å². The van der Waals surface area contributed by atoms with Gasteiger partial charge in [0.05, 0.1) is 12.6 Å². The third kappa shape index (κ3) is 9.31. The minimum atomic E-state index is -0.896. The molecule has 9 heteroatoms. The summed E-state index contributed by atoms with van der Waals surface area (Å²) in [6.07, 6.45) is 0.467. The van der Waals surface area contributed by atoms with Gasteiger partial charge < -0.3 is 25.4 Å². The average Bonchev–Trinajstić information content (AvgIpc) is 3.39. The molecule has 0 aromatic carbocycles. The zero-order valence-electron chi connectivity index (χ0n) is 21.8. The Morgan fingerprint density at radius 1 is 0.909 bits per heavy atom. The van der Waals surface area contributed by atoms with Crippen molar-refractivity contribution in [1.29, 1.82) is 0 Å². The molecule has 1 aliphatic rings. The minimum Gasteiger partial charge on any atom is -0.458 e. The van der Waals surface area contributed by atoms with Crippen molar-refractivity contribution >= 4 is 23.7 Å². The molecule has 0 aromatic heterocycles. The first-order valence-electron chi connectivity index (χ1n) is 11.8. The topological polar surface area (TPSA) is 126 Å². The smallest absolute Gasteiger partial charge is 0.329 e. The first-order valence-corrected chi connectivity index (χ1v) is 11.8. The second-order valence-electron chi connectivity index (χ2n) is 11.2. The van der Waals surface area contributed by atoms with Crippen LogP contribution in [0, 0.1) is 17.8 Å². The molecule has 1 saturated heterocycles. The van der Waals surface area contributed by atoms with Crippen molar-refractivity contribution in [2.24, 2.45) is 17.8 Å². The second kappa shape index (κ2) is 11.3. The SMILES string of the molecule is CC(C)CC(NC(=O)[C@@H](NC(=O)N[C@H](C(=O)OC(C)(C)C)C(C)C)C(C)C)C(=O)[C@@]1(C)CO1. The van der Waals surface area contributed by atoms with Crippen LogP contribution in [0.2, 0.25) is 0 Å². The van der Waals surface area contributed by atoms with Crippen LogP contribution < -0.4 is 16.0 Å². The fourth-order valence-corrected chi connectivity index (χ4v) is 3.31. The van der Waals surface area contributed by atoms with Gasteiger partial charge in [-0.05, 0) is 51.9 Å². The van der Waals surface area contributed by atoms with Crippen molar-refractivity contribution in [3.8, 4) is 0 Å². The summed E-state index contributed by atoms with van der Waals surface area (Å²) < 4.78 is 10.7. The molecular weight excluding hydrogens is 426 g/mol. The number of ether oxygens (including phenoxy) is 2. The van der Waals surface area contributed by atoms with Gasteiger partial charge in [-0.3, -0.25) is 9.59 Å². The normalized spacial score (nSPS) is 20.8. The standard InChI is InChI=1S/C24H43N3O6/c1-13(2)11-16(19(28)24(10)12-32-24)25-20(29)17(14(3)4)26-22(31)27-18(15(5)6)21(30)33-23(7,8)9/h13-18H,11-12H2,1-10H3,(H,25,29)(H2,26,27,31)/t16?,17-,18-,24+/m0/s1. The molecule has 3 amide bonds. The Kier molecular flexibility index (Phi) is 9.90. The molecule has 0 saturated carbocycles. The molecule has 4 atom stereocenters. The van der Waals surface area contributed by atoms with Crippen molar-refractivity contribution in [3.05, 3.63) is 0 Å². The molecule has 3 N–H and O–H groups in total. The number of amides is 3. The third-order valence-corrected chi connectivity index (χ3v) is 5.29. The van der Waals surface area contributed by atoms with Crippen LogP contribution in [0.1, 0.15) is 75.7 Å². The Morgan fingerprint density at radius 2 is 1.39 bits per heavy atom. The van der Waals surface area contributed by atoms with E-state index >= 15 is 0 Å². The van der Waals surface area contributed by atoms with E-state index < -0.39 is 47.2 Å². The van der Waals surface area contributed by atoms with E-state index in [1.165, 1.54) is 0 Å². The minimum absolute atomic E-state index is 0.165. The summed E-state index contributed by atoms with van der Waals surface area (Å²) >= 11 is 0. The average molecular weight is 470 g/mol. The van der Waals surface area contributed by atoms with Crippen LogP contribution in [0.4, 0.5) is 4.79 Å². The summed E-state index contributed by atoms with van der Waals surface area (Å²) in [6, 6.07) is -3.13. The summed E-state index contributed by atoms with van der Waals surface area (Å²) in [6.45, 7) is 18.4. The van der Waals surface area contributed by atoms with Gasteiger partial charge in [0, 0.05) is 0 Å². The van der Waals surface area contributed by atoms with Crippen molar-refractivity contribution in [2.45, 2.75) is 105 Å². The maximum Gasteiger partial charge on any atom is 0.329 e. The predicted octanol–water partition coefficient (Wildman–Crippen LogP) is 2.57. The summed E-state index contributed by atoms with van der Waals surface area (Å²) in [5, 5.41) is 8.10. The Hall–Kier alpha value is -2.16. The van der Waals surface area contributed by atoms with E-state index in [1.54, 1.807) is 55.4 Å². The largest absolute Gasteiger partial charge is 0.458 e. The van der Waals surface area contributed by atoms with Crippen LogP contribution >= 0.6 is 0 Å². The van der Waals surface area contributed by atoms with E-state index in [4.69, 9.17) is 9.47 Å². The van der Waals surface area contributed by atoms with E-state index in [0.717, 1.165) is 0 Å². The molecule has 0 aromatic rings. The molecule has 0 aliphatic carbocycles. The first kappa shape index (κ1) is 28.9. The van der Waals surface area contributed by atoms with E-state index in [-0.39, 0.29) is 23.5 Å². The van der Waals surface area contributed by atoms with Gasteiger partial charge in [0.2, 0.25) is 5.91 Å². The van der Waals surface area contributed by atoms with Gasteiger partial charge in [-0.25, -0.2) is 9.59 Å². The molecule has 1 unspecified atom stereocenters. The number of epoxide rings is 1. The highest BCUT2D eigenvalue weighted by Crippen LogP contribution is 2.29. The highest BCUT2D eigenvalue weighted by Gasteiger charge is 2.50. The number of hydrogen-bond acceptors (Lipinski definition) is 6. The van der Waals surface area contributed by atoms with E-state index in [0.29, 0.717) is 13.0 Å². The third-order valence-electron chi connectivity index (χ3n) is 5.29. The molecule has 0 spiro atoms. The molecule has 190 valence electrons. The number of Topliss-reactive ketones (excluding diaryl/α,β-unsaturated/α-hetero) is 1. The van der Waals surface area contributed by atoms with E-state index in [1.807, 2.05) is 13.8 Å². The fourth-order valence-electron chi connectivity index (χ4n) is 3.31. The zero-order chi connectivity index (χ0) is 25.7. The molecule has 1 fully saturated rings. The Bertz CT molecular complexity index is 722. The van der Waals surface area contributed by atoms with Crippen LogP contribution in [0.15, 0.2) is 0 Å². The van der Waals surface area contributed by atoms with Gasteiger partial charge in [0.15, 0.2) is 5.78 Å². The molecule has 0 radical (unpaired) electrons. The molecule has 0 bridgehead atoms. The lowest BCUT2D eigenvalue weighted by Gasteiger charge is -2.29. The summed E-state index contributed by atoms with van der Waals surface area (Å²) in [7, 11) is 0. The number of urea groups is 1. The van der Waals surface area contributed by atoms with Gasteiger partial charge in [-0.1, -0.05) is 41.5 Å². The van der Waals surface area contributed by atoms with Crippen molar-refractivity contribution < 1.29 is 28.7 Å². The summed E-state index contributed by atoms with van der Waals surface area (Å²) in [5.74, 6) is -1.46. The molecular formula is C24H43N3O6. The van der Waals surface area contributed by atoms with Crippen molar-refractivity contribution in [3.63, 3.8) is 0 Å². The Labute approximate surface area is 198 Å². The van der Waals surface area contributed by atoms with Crippen LogP contribution in [0.5, 0.6) is 0 Å². The zero-order valence-corrected chi connectivity index (χ0v) is 21.8. The summed E-state index contributed by atoms with van der Waals surface area (Å²) in [4.78, 5) is 51.1. The van der Waals surface area contributed by atoms with Crippen LogP contribution in [-0.2, 0) is 23.9 Å². The quantitative estimate of drug-likeness (QED) is 0.315. The number of hydrogen-bond donors (Lipinski definition) is 3. The fraction of sp³-hybridized carbons (Fsp3) is 0.833. The second-order valence-corrected chi connectivity index (χ2v) is 11.2. The van der Waals surface area contributed by atoms with Gasteiger partial charge >= 0.3 is 12.0 Å². The molecule has 1 aliphatic heterocycles. The van der Waals surface area contributed by atoms with Gasteiger partial charge in [-0.2, -0.15) is 0 Å². The molecule has 1 heterocycles. The lowest BCUT2D eigenvalue weighted by molar-refractivity contribution is -0.158. The van der Waals surface area contributed by atoms with Crippen LogP contribution in [0.25, 0.3) is 0 Å². The van der Waals surface area contributed by atoms with Crippen molar-refractivity contribution in [1.82, 2.24) is 16.0 Å².